The number of cyclic esters (lactones) is 2. The summed E-state index contributed by atoms with van der Waals surface area (Å²) < 4.78 is 8.58. The Morgan fingerprint density at radius 3 is 1.90 bits per heavy atom. The molecule has 0 unspecified atom stereocenters. The average Bonchev–Trinajstić information content (AvgIpc) is 2.15. The molecule has 1 saturated heterocycles. The Bertz CT molecular complexity index is 118. The van der Waals surface area contributed by atoms with Gasteiger partial charge in [0.05, 0.1) is 0 Å². The zero-order valence-corrected chi connectivity index (χ0v) is 5.49. The van der Waals surface area contributed by atoms with Crippen LogP contribution >= 0.6 is 0 Å². The van der Waals surface area contributed by atoms with E-state index in [4.69, 9.17) is 9.90 Å². The second kappa shape index (κ2) is 4.60. The molecule has 0 bridgehead atoms. The van der Waals surface area contributed by atoms with Crippen molar-refractivity contribution in [3.63, 3.8) is 0 Å². The largest absolute Gasteiger partial charge is 0.508 e. The van der Waals surface area contributed by atoms with Crippen LogP contribution in [0.2, 0.25) is 0 Å². The van der Waals surface area contributed by atoms with Crippen LogP contribution in [-0.2, 0) is 14.3 Å². The van der Waals surface area contributed by atoms with Gasteiger partial charge in [0.15, 0.2) is 0 Å². The van der Waals surface area contributed by atoms with Crippen molar-refractivity contribution in [2.45, 2.75) is 6.92 Å². The number of ether oxygens (including phenoxy) is 2. The molecule has 5 heteroatoms. The van der Waals surface area contributed by atoms with E-state index >= 15 is 0 Å². The number of hydrogen-bond donors (Lipinski definition) is 1. The van der Waals surface area contributed by atoms with Crippen LogP contribution in [0.15, 0.2) is 0 Å². The fourth-order valence-electron chi connectivity index (χ4n) is 0.292. The Hall–Kier alpha value is -1.26. The van der Waals surface area contributed by atoms with Crippen molar-refractivity contribution >= 4 is 12.1 Å². The van der Waals surface area contributed by atoms with Crippen molar-refractivity contribution in [1.29, 1.82) is 0 Å². The minimum atomic E-state index is -0.833. The molecule has 1 aliphatic rings. The van der Waals surface area contributed by atoms with Crippen LogP contribution in [0, 0.1) is 0 Å². The first kappa shape index (κ1) is 8.74. The number of carbonyl (C=O) groups is 2. The van der Waals surface area contributed by atoms with Gasteiger partial charge < -0.3 is 14.6 Å². The summed E-state index contributed by atoms with van der Waals surface area (Å²) in [7, 11) is 0. The third-order valence-electron chi connectivity index (χ3n) is 0.523. The zero-order valence-electron chi connectivity index (χ0n) is 5.49. The highest BCUT2D eigenvalue weighted by Crippen LogP contribution is 1.92. The molecule has 1 heterocycles. The summed E-state index contributed by atoms with van der Waals surface area (Å²) in [5.41, 5.74) is 0. The smallest absolute Gasteiger partial charge is 0.481 e. The summed E-state index contributed by atoms with van der Waals surface area (Å²) >= 11 is 0. The first-order valence-electron chi connectivity index (χ1n) is 2.62. The lowest BCUT2D eigenvalue weighted by atomic mass is 10.8. The van der Waals surface area contributed by atoms with Gasteiger partial charge in [-0.05, 0) is 0 Å². The quantitative estimate of drug-likeness (QED) is 0.498. The predicted octanol–water partition coefficient (Wildman–Crippen LogP) is 0.244. The molecule has 0 aromatic heterocycles. The van der Waals surface area contributed by atoms with Crippen molar-refractivity contribution in [3.05, 3.63) is 0 Å². The molecule has 0 atom stereocenters. The lowest BCUT2D eigenvalue weighted by Crippen LogP contribution is -1.88. The molecule has 1 aliphatic heterocycles. The van der Waals surface area contributed by atoms with Gasteiger partial charge >= 0.3 is 6.16 Å². The summed E-state index contributed by atoms with van der Waals surface area (Å²) in [4.78, 5) is 18.8. The third-order valence-corrected chi connectivity index (χ3v) is 0.523. The number of rotatable bonds is 0. The number of hydrogen-bond acceptors (Lipinski definition) is 4. The molecular weight excluding hydrogens is 140 g/mol. The van der Waals surface area contributed by atoms with Crippen LogP contribution in [0.1, 0.15) is 6.92 Å². The minimum Gasteiger partial charge on any atom is -0.481 e. The van der Waals surface area contributed by atoms with Crippen molar-refractivity contribution in [2.75, 3.05) is 13.2 Å². The van der Waals surface area contributed by atoms with E-state index in [0.717, 1.165) is 6.92 Å². The van der Waals surface area contributed by atoms with E-state index in [0.29, 0.717) is 13.2 Å². The highest BCUT2D eigenvalue weighted by Gasteiger charge is 2.09. The molecule has 0 amide bonds. The van der Waals surface area contributed by atoms with Gasteiger partial charge in [0.1, 0.15) is 13.2 Å². The van der Waals surface area contributed by atoms with Gasteiger partial charge in [-0.25, -0.2) is 4.79 Å². The average molecular weight is 148 g/mol. The number of carbonyl (C=O) groups excluding carboxylic acids is 1. The molecule has 0 saturated carbocycles. The first-order valence-corrected chi connectivity index (χ1v) is 2.62. The van der Waals surface area contributed by atoms with Gasteiger partial charge in [0.25, 0.3) is 5.97 Å². The Labute approximate surface area is 57.5 Å². The number of carboxylic acid groups (broad SMARTS) is 1. The summed E-state index contributed by atoms with van der Waals surface area (Å²) in [6.45, 7) is 1.91. The maximum absolute atomic E-state index is 9.80. The van der Waals surface area contributed by atoms with Gasteiger partial charge in [0, 0.05) is 6.92 Å². The van der Waals surface area contributed by atoms with Crippen molar-refractivity contribution in [2.24, 2.45) is 0 Å². The first-order chi connectivity index (χ1) is 4.63. The van der Waals surface area contributed by atoms with E-state index in [9.17, 15) is 4.79 Å². The van der Waals surface area contributed by atoms with E-state index in [2.05, 4.69) is 9.47 Å². The lowest BCUT2D eigenvalue weighted by Gasteiger charge is -1.78. The number of aliphatic carboxylic acids is 1. The topological polar surface area (TPSA) is 72.8 Å². The normalized spacial score (nSPS) is 14.3. The van der Waals surface area contributed by atoms with Crippen LogP contribution in [0.3, 0.4) is 0 Å². The van der Waals surface area contributed by atoms with Crippen LogP contribution < -0.4 is 0 Å². The lowest BCUT2D eigenvalue weighted by molar-refractivity contribution is -0.134. The molecule has 1 fully saturated rings. The van der Waals surface area contributed by atoms with Crippen molar-refractivity contribution in [1.82, 2.24) is 0 Å². The Kier molecular flexibility index (Phi) is 4.02. The molecule has 0 aromatic carbocycles. The van der Waals surface area contributed by atoms with Gasteiger partial charge in [-0.15, -0.1) is 0 Å². The molecule has 0 spiro atoms. The standard InChI is InChI=1S/C3H4O3.C2H4O2/c4-3-5-1-2-6-3;1-2(3)4/h1-2H2;1H3,(H,3,4). The Balaban J connectivity index is 0.000000180. The highest BCUT2D eigenvalue weighted by molar-refractivity contribution is 5.63. The zero-order chi connectivity index (χ0) is 7.98. The van der Waals surface area contributed by atoms with E-state index < -0.39 is 12.1 Å². The van der Waals surface area contributed by atoms with E-state index in [1.807, 2.05) is 0 Å². The number of carboxylic acids is 1. The summed E-state index contributed by atoms with van der Waals surface area (Å²) in [5, 5.41) is 7.42. The third kappa shape index (κ3) is 6.74. The highest BCUT2D eigenvalue weighted by atomic mass is 16.8. The molecule has 0 aliphatic carbocycles. The Morgan fingerprint density at radius 2 is 1.80 bits per heavy atom. The predicted molar refractivity (Wildman–Crippen MR) is 30.6 cm³/mol. The van der Waals surface area contributed by atoms with E-state index in [1.165, 1.54) is 0 Å². The molecule has 5 nitrogen and oxygen atoms in total. The summed E-state index contributed by atoms with van der Waals surface area (Å²) in [6, 6.07) is 0. The molecule has 0 aromatic rings. The van der Waals surface area contributed by atoms with Gasteiger partial charge in [0.2, 0.25) is 0 Å². The van der Waals surface area contributed by atoms with Gasteiger partial charge in [-0.2, -0.15) is 0 Å². The van der Waals surface area contributed by atoms with E-state index in [1.54, 1.807) is 0 Å². The summed E-state index contributed by atoms with van der Waals surface area (Å²) in [5.74, 6) is -0.833. The van der Waals surface area contributed by atoms with Crippen LogP contribution in [0.5, 0.6) is 0 Å². The SMILES string of the molecule is CC(=O)O.O=C1OCCO1. The van der Waals surface area contributed by atoms with Crippen LogP contribution in [0.4, 0.5) is 4.79 Å². The van der Waals surface area contributed by atoms with Gasteiger partial charge in [-0.3, -0.25) is 4.79 Å². The molecule has 1 rings (SSSR count). The maximum Gasteiger partial charge on any atom is 0.508 e. The Morgan fingerprint density at radius 1 is 1.50 bits per heavy atom. The van der Waals surface area contributed by atoms with E-state index in [-0.39, 0.29) is 0 Å². The molecule has 10 heavy (non-hydrogen) atoms. The van der Waals surface area contributed by atoms with Gasteiger partial charge in [-0.1, -0.05) is 0 Å². The summed E-state index contributed by atoms with van der Waals surface area (Å²) in [6.07, 6.45) is -0.546. The molecular formula is C5H8O5. The fourth-order valence-corrected chi connectivity index (χ4v) is 0.292. The van der Waals surface area contributed by atoms with Crippen LogP contribution in [-0.4, -0.2) is 30.4 Å². The molecule has 0 radical (unpaired) electrons. The minimum absolute atomic E-state index is 0.416. The monoisotopic (exact) mass is 148 g/mol. The second-order valence-electron chi connectivity index (χ2n) is 1.47. The van der Waals surface area contributed by atoms with Crippen LogP contribution in [0.25, 0.3) is 0 Å². The van der Waals surface area contributed by atoms with Crippen molar-refractivity contribution < 1.29 is 24.2 Å². The maximum atomic E-state index is 9.80. The fraction of sp³-hybridized carbons (Fsp3) is 0.600. The molecule has 58 valence electrons. The second-order valence-corrected chi connectivity index (χ2v) is 1.47. The molecule has 1 N–H and O–H groups in total. The van der Waals surface area contributed by atoms with Crippen molar-refractivity contribution in [3.8, 4) is 0 Å².